The zero-order chi connectivity index (χ0) is 44.8. The number of likely N-dealkylation sites (N-methyl/N-ethyl adjacent to an activating group) is 1. The molecule has 0 spiro atoms. The van der Waals surface area contributed by atoms with E-state index in [0.717, 1.165) is 49.6 Å². The Morgan fingerprint density at radius 3 is 1.84 bits per heavy atom. The van der Waals surface area contributed by atoms with Crippen LogP contribution in [0, 0.1) is 0 Å². The van der Waals surface area contributed by atoms with Crippen LogP contribution in [0.3, 0.4) is 0 Å². The van der Waals surface area contributed by atoms with Crippen molar-refractivity contribution in [3.05, 3.63) is 120 Å². The van der Waals surface area contributed by atoms with Crippen LogP contribution in [0.15, 0.2) is 103 Å². The van der Waals surface area contributed by atoms with Gasteiger partial charge in [0.15, 0.2) is 17.5 Å². The Hall–Kier alpha value is -7.51. The third-order valence-corrected chi connectivity index (χ3v) is 11.2. The maximum absolute atomic E-state index is 13.9. The Morgan fingerprint density at radius 1 is 0.641 bits per heavy atom. The summed E-state index contributed by atoms with van der Waals surface area (Å²) < 4.78 is 81.5. The van der Waals surface area contributed by atoms with Crippen LogP contribution in [0.2, 0.25) is 0 Å². The lowest BCUT2D eigenvalue weighted by molar-refractivity contribution is -0.138. The van der Waals surface area contributed by atoms with Crippen LogP contribution < -0.4 is 35.1 Å². The monoisotopic (exact) mass is 880 g/mol. The van der Waals surface area contributed by atoms with E-state index in [2.05, 4.69) is 35.7 Å². The second kappa shape index (κ2) is 16.6. The Balaban J connectivity index is 0.937. The number of rotatable bonds is 7. The van der Waals surface area contributed by atoms with Crippen molar-refractivity contribution in [3.8, 4) is 22.5 Å². The van der Waals surface area contributed by atoms with Gasteiger partial charge in [-0.15, -0.1) is 5.10 Å². The van der Waals surface area contributed by atoms with Gasteiger partial charge in [-0.25, -0.2) is 24.5 Å². The molecule has 0 bridgehead atoms. The molecule has 14 nitrogen and oxygen atoms in total. The van der Waals surface area contributed by atoms with Gasteiger partial charge >= 0.3 is 24.4 Å². The number of fused-ring (bicyclic) bond motifs is 2. The molecule has 6 aromatic rings. The van der Waals surface area contributed by atoms with Crippen LogP contribution in [-0.2, 0) is 18.9 Å². The highest BCUT2D eigenvalue weighted by molar-refractivity contribution is 6.04. The lowest BCUT2D eigenvalue weighted by Crippen LogP contribution is -2.46. The lowest BCUT2D eigenvalue weighted by atomic mass is 10.1. The van der Waals surface area contributed by atoms with Crippen molar-refractivity contribution < 1.29 is 35.9 Å². The molecule has 0 saturated carbocycles. The average Bonchev–Trinajstić information content (AvgIpc) is 3.26. The number of aromatic nitrogens is 5. The Morgan fingerprint density at radius 2 is 1.25 bits per heavy atom. The van der Waals surface area contributed by atoms with Crippen LogP contribution >= 0.6 is 0 Å². The van der Waals surface area contributed by atoms with Gasteiger partial charge in [-0.05, 0) is 73.2 Å². The van der Waals surface area contributed by atoms with Gasteiger partial charge in [0, 0.05) is 75.4 Å². The molecule has 1 fully saturated rings. The summed E-state index contributed by atoms with van der Waals surface area (Å²) in [4.78, 5) is 50.1. The van der Waals surface area contributed by atoms with E-state index in [4.69, 9.17) is 4.98 Å². The van der Waals surface area contributed by atoms with E-state index in [0.29, 0.717) is 35.8 Å². The molecule has 7 heterocycles. The molecule has 0 atom stereocenters. The number of carbonyl (C=O) groups is 2. The maximum atomic E-state index is 13.9. The Labute approximate surface area is 362 Å². The first kappa shape index (κ1) is 41.8. The first-order valence-electron chi connectivity index (χ1n) is 20.2. The molecule has 64 heavy (non-hydrogen) atoms. The van der Waals surface area contributed by atoms with Crippen molar-refractivity contribution in [2.24, 2.45) is 0 Å². The van der Waals surface area contributed by atoms with Crippen molar-refractivity contribution in [1.82, 2.24) is 25.1 Å². The number of hydrogen-bond acceptors (Lipinski definition) is 10. The van der Waals surface area contributed by atoms with Crippen LogP contribution in [0.4, 0.5) is 76.3 Å². The molecule has 4 amide bonds. The summed E-state index contributed by atoms with van der Waals surface area (Å²) in [5.74, 6) is 1.36. The lowest BCUT2D eigenvalue weighted by Gasteiger charge is -2.37. The van der Waals surface area contributed by atoms with Crippen LogP contribution in [0.1, 0.15) is 23.2 Å². The minimum Gasteiger partial charge on any atom is -0.370 e. The molecule has 3 aliphatic heterocycles. The number of pyridine rings is 3. The number of halogens is 6. The predicted molar refractivity (Wildman–Crippen MR) is 229 cm³/mol. The molecular weight excluding hydrogens is 843 g/mol. The van der Waals surface area contributed by atoms with Gasteiger partial charge in [0.1, 0.15) is 5.82 Å². The fraction of sp³-hybridized carbons (Fsp3) is 0.250. The molecule has 4 aromatic heterocycles. The molecule has 9 rings (SSSR count). The number of carbonyl (C=O) groups excluding carboxylic acids is 2. The van der Waals surface area contributed by atoms with Gasteiger partial charge in [0.25, 0.3) is 0 Å². The standard InChI is InChI=1S/C44H38F6N12O2/c1-58-19-21-61(39-35(58)12-10-33(53-39)27-5-2-7-29(23-27)43(45,46)47)42(64)55-37-14-9-32(56-57-37)26-60-20-22-62(41(63)52-31-15-16-51-38(25-31)59-17-4-18-59)40-36(60)13-11-34(54-40)28-6-3-8-30(24-28)44(48,49)50/h2-3,5-16,23-25H,4,17-22,26H2,1H3,(H,51,52,63)(H,55,57,64). The minimum atomic E-state index is -4.57. The average molecular weight is 881 g/mol. The van der Waals surface area contributed by atoms with Crippen molar-refractivity contribution in [3.63, 3.8) is 0 Å². The minimum absolute atomic E-state index is 0.130. The normalized spacial score (nSPS) is 15.0. The van der Waals surface area contributed by atoms with Crippen molar-refractivity contribution >= 4 is 52.4 Å². The molecule has 2 aromatic carbocycles. The summed E-state index contributed by atoms with van der Waals surface area (Å²) in [6.07, 6.45) is -6.44. The number of nitrogens with zero attached hydrogens (tertiary/aromatic N) is 10. The number of amides is 4. The van der Waals surface area contributed by atoms with Crippen LogP contribution in [0.5, 0.6) is 0 Å². The zero-order valence-corrected chi connectivity index (χ0v) is 34.0. The molecule has 0 unspecified atom stereocenters. The van der Waals surface area contributed by atoms with Gasteiger partial charge < -0.3 is 20.0 Å². The van der Waals surface area contributed by atoms with Gasteiger partial charge in [-0.3, -0.25) is 15.1 Å². The number of alkyl halides is 6. The second-order valence-electron chi connectivity index (χ2n) is 15.4. The molecule has 0 radical (unpaired) electrons. The summed E-state index contributed by atoms with van der Waals surface area (Å²) in [7, 11) is 1.83. The van der Waals surface area contributed by atoms with E-state index in [1.807, 2.05) is 16.8 Å². The van der Waals surface area contributed by atoms with Gasteiger partial charge in [0.05, 0.1) is 46.1 Å². The molecule has 20 heteroatoms. The Bertz CT molecular complexity index is 2730. The fourth-order valence-electron chi connectivity index (χ4n) is 7.63. The number of benzene rings is 2. The number of urea groups is 2. The molecule has 328 valence electrons. The second-order valence-corrected chi connectivity index (χ2v) is 15.4. The third kappa shape index (κ3) is 8.62. The highest BCUT2D eigenvalue weighted by atomic mass is 19.4. The van der Waals surface area contributed by atoms with E-state index in [9.17, 15) is 35.9 Å². The van der Waals surface area contributed by atoms with E-state index < -0.39 is 35.5 Å². The summed E-state index contributed by atoms with van der Waals surface area (Å²) in [6.45, 7) is 3.13. The van der Waals surface area contributed by atoms with E-state index in [-0.39, 0.29) is 59.6 Å². The zero-order valence-electron chi connectivity index (χ0n) is 34.0. The van der Waals surface area contributed by atoms with E-state index in [1.54, 1.807) is 54.7 Å². The summed E-state index contributed by atoms with van der Waals surface area (Å²) in [5.41, 5.74) is 1.47. The molecular formula is C44H38F6N12O2. The fourth-order valence-corrected chi connectivity index (χ4v) is 7.63. The highest BCUT2D eigenvalue weighted by Crippen LogP contribution is 2.39. The summed E-state index contributed by atoms with van der Waals surface area (Å²) >= 11 is 0. The number of nitrogens with one attached hydrogen (secondary N) is 2. The van der Waals surface area contributed by atoms with Gasteiger partial charge in [-0.1, -0.05) is 24.3 Å². The van der Waals surface area contributed by atoms with Gasteiger partial charge in [-0.2, -0.15) is 31.4 Å². The van der Waals surface area contributed by atoms with Crippen LogP contribution in [0.25, 0.3) is 22.5 Å². The molecule has 2 N–H and O–H groups in total. The van der Waals surface area contributed by atoms with Crippen molar-refractivity contribution in [2.45, 2.75) is 25.3 Å². The quantitative estimate of drug-likeness (QED) is 0.150. The molecule has 3 aliphatic rings. The first-order chi connectivity index (χ1) is 30.7. The summed E-state index contributed by atoms with van der Waals surface area (Å²) in [6, 6.07) is 21.9. The molecule has 0 aliphatic carbocycles. The highest BCUT2D eigenvalue weighted by Gasteiger charge is 2.34. The maximum Gasteiger partial charge on any atom is 0.416 e. The SMILES string of the molecule is CN1CCN(C(=O)Nc2ccc(CN3CCN(C(=O)Nc4ccnc(N5CCC5)c4)c4nc(-c5cccc(C(F)(F)F)c5)ccc43)nn2)c2nc(-c3cccc(C(F)(F)F)c3)ccc21. The number of anilines is 7. The van der Waals surface area contributed by atoms with E-state index >= 15 is 0 Å². The topological polar surface area (TPSA) is 139 Å². The Kier molecular flexibility index (Phi) is 10.9. The van der Waals surface area contributed by atoms with Crippen molar-refractivity contribution in [2.75, 3.05) is 81.4 Å². The predicted octanol–water partition coefficient (Wildman–Crippen LogP) is 8.79. The van der Waals surface area contributed by atoms with Crippen molar-refractivity contribution in [1.29, 1.82) is 0 Å². The van der Waals surface area contributed by atoms with Gasteiger partial charge in [0.2, 0.25) is 0 Å². The first-order valence-corrected chi connectivity index (χ1v) is 20.2. The summed E-state index contributed by atoms with van der Waals surface area (Å²) in [5, 5.41) is 14.3. The smallest absolute Gasteiger partial charge is 0.370 e. The largest absolute Gasteiger partial charge is 0.416 e. The third-order valence-electron chi connectivity index (χ3n) is 11.2. The number of hydrogen-bond donors (Lipinski definition) is 2. The van der Waals surface area contributed by atoms with Crippen LogP contribution in [-0.4, -0.2) is 83.5 Å². The van der Waals surface area contributed by atoms with E-state index in [1.165, 1.54) is 34.1 Å². The molecule has 1 saturated heterocycles.